The number of hydrogen-bond donors (Lipinski definition) is 2. The molecule has 0 aliphatic heterocycles. The van der Waals surface area contributed by atoms with Gasteiger partial charge in [-0.25, -0.2) is 4.98 Å². The summed E-state index contributed by atoms with van der Waals surface area (Å²) in [6.45, 7) is 0. The lowest BCUT2D eigenvalue weighted by molar-refractivity contribution is 0.0931. The molecular weight excluding hydrogens is 262 g/mol. The molecule has 4 nitrogen and oxygen atoms in total. The SMILES string of the molecule is O=C(NC1(c2ccccc2)CC1)c1ccc2nc[nH]c2c1. The minimum atomic E-state index is -0.179. The van der Waals surface area contributed by atoms with Crippen LogP contribution in [0.5, 0.6) is 0 Å². The van der Waals surface area contributed by atoms with Crippen LogP contribution in [0.15, 0.2) is 54.9 Å². The zero-order valence-electron chi connectivity index (χ0n) is 11.5. The van der Waals surface area contributed by atoms with Crippen LogP contribution in [0.4, 0.5) is 0 Å². The van der Waals surface area contributed by atoms with Gasteiger partial charge in [-0.1, -0.05) is 30.3 Å². The third-order valence-electron chi connectivity index (χ3n) is 4.11. The number of hydrogen-bond acceptors (Lipinski definition) is 2. The van der Waals surface area contributed by atoms with Gasteiger partial charge in [0.25, 0.3) is 5.91 Å². The molecule has 0 spiro atoms. The lowest BCUT2D eigenvalue weighted by Crippen LogP contribution is -2.34. The van der Waals surface area contributed by atoms with Gasteiger partial charge in [0.15, 0.2) is 0 Å². The second-order valence-electron chi connectivity index (χ2n) is 5.54. The smallest absolute Gasteiger partial charge is 0.252 e. The zero-order chi connectivity index (χ0) is 14.3. The number of aromatic nitrogens is 2. The van der Waals surface area contributed by atoms with Gasteiger partial charge in [-0.15, -0.1) is 0 Å². The number of carbonyl (C=O) groups is 1. The third kappa shape index (κ3) is 2.09. The molecule has 0 unspecified atom stereocenters. The fraction of sp³-hybridized carbons (Fsp3) is 0.176. The number of imidazole rings is 1. The lowest BCUT2D eigenvalue weighted by Gasteiger charge is -2.18. The Hall–Kier alpha value is -2.62. The number of H-pyrrole nitrogens is 1. The lowest BCUT2D eigenvalue weighted by atomic mass is 10.0. The van der Waals surface area contributed by atoms with E-state index < -0.39 is 0 Å². The minimum absolute atomic E-state index is 0.0344. The van der Waals surface area contributed by atoms with E-state index in [1.54, 1.807) is 6.33 Å². The molecule has 3 aromatic rings. The molecule has 0 radical (unpaired) electrons. The van der Waals surface area contributed by atoms with Crippen LogP contribution < -0.4 is 5.32 Å². The number of nitrogens with one attached hydrogen (secondary N) is 2. The maximum absolute atomic E-state index is 12.5. The van der Waals surface area contributed by atoms with Crippen LogP contribution in [-0.2, 0) is 5.54 Å². The summed E-state index contributed by atoms with van der Waals surface area (Å²) >= 11 is 0. The van der Waals surface area contributed by atoms with E-state index in [4.69, 9.17) is 0 Å². The Morgan fingerprint density at radius 1 is 1.14 bits per heavy atom. The van der Waals surface area contributed by atoms with Crippen LogP contribution >= 0.6 is 0 Å². The van der Waals surface area contributed by atoms with Crippen molar-refractivity contribution in [3.8, 4) is 0 Å². The quantitative estimate of drug-likeness (QED) is 0.773. The summed E-state index contributed by atoms with van der Waals surface area (Å²) in [5.41, 5.74) is 3.42. The second kappa shape index (κ2) is 4.45. The first-order valence-electron chi connectivity index (χ1n) is 7.08. The number of fused-ring (bicyclic) bond motifs is 1. The highest BCUT2D eigenvalue weighted by Gasteiger charge is 2.45. The number of rotatable bonds is 3. The van der Waals surface area contributed by atoms with Crippen molar-refractivity contribution >= 4 is 16.9 Å². The molecule has 2 N–H and O–H groups in total. The summed E-state index contributed by atoms with van der Waals surface area (Å²) in [5.74, 6) is -0.0344. The maximum Gasteiger partial charge on any atom is 0.252 e. The molecule has 1 aliphatic rings. The van der Waals surface area contributed by atoms with Crippen molar-refractivity contribution < 1.29 is 4.79 Å². The summed E-state index contributed by atoms with van der Waals surface area (Å²) in [7, 11) is 0. The van der Waals surface area contributed by atoms with Gasteiger partial charge in [0.1, 0.15) is 0 Å². The molecule has 1 aliphatic carbocycles. The molecule has 104 valence electrons. The van der Waals surface area contributed by atoms with Gasteiger partial charge in [0.05, 0.1) is 22.9 Å². The van der Waals surface area contributed by atoms with E-state index in [1.807, 2.05) is 36.4 Å². The highest BCUT2D eigenvalue weighted by atomic mass is 16.1. The Balaban J connectivity index is 1.61. The van der Waals surface area contributed by atoms with Gasteiger partial charge in [-0.05, 0) is 36.6 Å². The van der Waals surface area contributed by atoms with Crippen LogP contribution in [0.2, 0.25) is 0 Å². The molecule has 2 aromatic carbocycles. The molecule has 1 aromatic heterocycles. The summed E-state index contributed by atoms with van der Waals surface area (Å²) in [5, 5.41) is 3.18. The molecule has 0 atom stereocenters. The first kappa shape index (κ1) is 12.1. The number of aromatic amines is 1. The van der Waals surface area contributed by atoms with Crippen LogP contribution in [0, 0.1) is 0 Å². The van der Waals surface area contributed by atoms with Crippen molar-refractivity contribution in [2.45, 2.75) is 18.4 Å². The maximum atomic E-state index is 12.5. The number of amides is 1. The Morgan fingerprint density at radius 3 is 2.71 bits per heavy atom. The normalized spacial score (nSPS) is 15.8. The van der Waals surface area contributed by atoms with Gasteiger partial charge in [-0.3, -0.25) is 4.79 Å². The van der Waals surface area contributed by atoms with Gasteiger partial charge in [-0.2, -0.15) is 0 Å². The molecule has 4 heteroatoms. The number of carbonyl (C=O) groups excluding carboxylic acids is 1. The highest BCUT2D eigenvalue weighted by molar-refractivity contribution is 5.98. The average molecular weight is 277 g/mol. The van der Waals surface area contributed by atoms with Crippen molar-refractivity contribution in [3.63, 3.8) is 0 Å². The van der Waals surface area contributed by atoms with Crippen LogP contribution in [-0.4, -0.2) is 15.9 Å². The molecular formula is C17H15N3O. The van der Waals surface area contributed by atoms with E-state index in [-0.39, 0.29) is 11.4 Å². The summed E-state index contributed by atoms with van der Waals surface area (Å²) < 4.78 is 0. The number of nitrogens with zero attached hydrogens (tertiary/aromatic N) is 1. The fourth-order valence-electron chi connectivity index (χ4n) is 2.73. The molecule has 1 saturated carbocycles. The van der Waals surface area contributed by atoms with Gasteiger partial charge in [0.2, 0.25) is 0 Å². The third-order valence-corrected chi connectivity index (χ3v) is 4.11. The monoisotopic (exact) mass is 277 g/mol. The molecule has 1 heterocycles. The standard InChI is InChI=1S/C17H15N3O/c21-16(12-6-7-14-15(10-12)19-11-18-14)20-17(8-9-17)13-4-2-1-3-5-13/h1-7,10-11H,8-9H2,(H,18,19)(H,20,21). The van der Waals surface area contributed by atoms with Gasteiger partial charge >= 0.3 is 0 Å². The van der Waals surface area contributed by atoms with Crippen molar-refractivity contribution in [1.29, 1.82) is 0 Å². The molecule has 0 saturated heterocycles. The van der Waals surface area contributed by atoms with E-state index in [1.165, 1.54) is 5.56 Å². The summed E-state index contributed by atoms with van der Waals surface area (Å²) in [6.07, 6.45) is 3.63. The van der Waals surface area contributed by atoms with Crippen LogP contribution in [0.3, 0.4) is 0 Å². The van der Waals surface area contributed by atoms with E-state index in [9.17, 15) is 4.79 Å². The predicted molar refractivity (Wildman–Crippen MR) is 80.9 cm³/mol. The Morgan fingerprint density at radius 2 is 1.95 bits per heavy atom. The zero-order valence-corrected chi connectivity index (χ0v) is 11.5. The molecule has 0 bridgehead atoms. The highest BCUT2D eigenvalue weighted by Crippen LogP contribution is 2.45. The van der Waals surface area contributed by atoms with E-state index >= 15 is 0 Å². The van der Waals surface area contributed by atoms with Crippen molar-refractivity contribution in [2.75, 3.05) is 0 Å². The largest absolute Gasteiger partial charge is 0.345 e. The molecule has 21 heavy (non-hydrogen) atoms. The van der Waals surface area contributed by atoms with E-state index in [0.29, 0.717) is 5.56 Å². The van der Waals surface area contributed by atoms with Gasteiger partial charge in [0, 0.05) is 5.56 Å². The van der Waals surface area contributed by atoms with E-state index in [2.05, 4.69) is 27.4 Å². The van der Waals surface area contributed by atoms with Gasteiger partial charge < -0.3 is 10.3 Å². The average Bonchev–Trinajstić information content (AvgIpc) is 3.15. The van der Waals surface area contributed by atoms with Crippen LogP contribution in [0.1, 0.15) is 28.8 Å². The summed E-state index contributed by atoms with van der Waals surface area (Å²) in [4.78, 5) is 19.7. The van der Waals surface area contributed by atoms with Crippen molar-refractivity contribution in [1.82, 2.24) is 15.3 Å². The van der Waals surface area contributed by atoms with Crippen molar-refractivity contribution in [3.05, 3.63) is 66.0 Å². The van der Waals surface area contributed by atoms with E-state index in [0.717, 1.165) is 23.9 Å². The molecule has 1 fully saturated rings. The molecule has 4 rings (SSSR count). The second-order valence-corrected chi connectivity index (χ2v) is 5.54. The molecule has 1 amide bonds. The predicted octanol–water partition coefficient (Wildman–Crippen LogP) is 2.98. The number of benzene rings is 2. The fourth-order valence-corrected chi connectivity index (χ4v) is 2.73. The van der Waals surface area contributed by atoms with Crippen LogP contribution in [0.25, 0.3) is 11.0 Å². The Labute approximate surface area is 122 Å². The first-order chi connectivity index (χ1) is 10.3. The minimum Gasteiger partial charge on any atom is -0.345 e. The first-order valence-corrected chi connectivity index (χ1v) is 7.08. The Bertz CT molecular complexity index is 803. The topological polar surface area (TPSA) is 57.8 Å². The summed E-state index contributed by atoms with van der Waals surface area (Å²) in [6, 6.07) is 15.7. The van der Waals surface area contributed by atoms with Crippen molar-refractivity contribution in [2.24, 2.45) is 0 Å². The Kier molecular flexibility index (Phi) is 2.57.